The highest BCUT2D eigenvalue weighted by atomic mass is 35.5. The Balaban J connectivity index is 1.47. The number of rotatable bonds is 6. The summed E-state index contributed by atoms with van der Waals surface area (Å²) in [5.74, 6) is -0.160. The van der Waals surface area contributed by atoms with Gasteiger partial charge in [0.2, 0.25) is 5.91 Å². The fourth-order valence-corrected chi connectivity index (χ4v) is 3.54. The molecule has 0 atom stereocenters. The topological polar surface area (TPSA) is 84.5 Å². The molecule has 2 aromatic rings. The summed E-state index contributed by atoms with van der Waals surface area (Å²) in [4.78, 5) is 26.8. The first-order chi connectivity index (χ1) is 13.3. The van der Waals surface area contributed by atoms with Crippen LogP contribution in [0.5, 0.6) is 0 Å². The van der Waals surface area contributed by atoms with Crippen LogP contribution in [0.3, 0.4) is 0 Å². The Hall–Kier alpha value is -2.16. The molecule has 1 aliphatic heterocycles. The summed E-state index contributed by atoms with van der Waals surface area (Å²) in [6, 6.07) is 7.03. The molecular formula is C18H21Cl2N5O3. The molecule has 0 unspecified atom stereocenters. The Labute approximate surface area is 172 Å². The van der Waals surface area contributed by atoms with Gasteiger partial charge in [0.05, 0.1) is 33.4 Å². The molecule has 1 fully saturated rings. The summed E-state index contributed by atoms with van der Waals surface area (Å²) in [6.07, 6.45) is 0.270. The molecule has 10 heteroatoms. The van der Waals surface area contributed by atoms with Crippen molar-refractivity contribution in [3.8, 4) is 0 Å². The molecule has 1 amide bonds. The van der Waals surface area contributed by atoms with Crippen molar-refractivity contribution in [3.05, 3.63) is 55.7 Å². The quantitative estimate of drug-likeness (QED) is 0.524. The van der Waals surface area contributed by atoms with Crippen LogP contribution < -0.4 is 0 Å². The summed E-state index contributed by atoms with van der Waals surface area (Å²) >= 11 is 12.0. The lowest BCUT2D eigenvalue weighted by molar-refractivity contribution is -0.389. The molecule has 1 saturated heterocycles. The summed E-state index contributed by atoms with van der Waals surface area (Å²) in [7, 11) is 0. The second-order valence-electron chi connectivity index (χ2n) is 6.78. The molecule has 0 N–H and O–H groups in total. The number of halogens is 2. The number of nitrogens with zero attached hydrogens (tertiary/aromatic N) is 5. The first-order valence-electron chi connectivity index (χ1n) is 8.96. The van der Waals surface area contributed by atoms with Crippen LogP contribution in [0.4, 0.5) is 5.82 Å². The summed E-state index contributed by atoms with van der Waals surface area (Å²) < 4.78 is 1.51. The van der Waals surface area contributed by atoms with Gasteiger partial charge in [0.1, 0.15) is 0 Å². The van der Waals surface area contributed by atoms with Gasteiger partial charge in [-0.1, -0.05) is 29.3 Å². The predicted octanol–water partition coefficient (Wildman–Crippen LogP) is 3.14. The van der Waals surface area contributed by atoms with Crippen LogP contribution in [0, 0.1) is 17.0 Å². The van der Waals surface area contributed by atoms with E-state index in [2.05, 4.69) is 10.00 Å². The van der Waals surface area contributed by atoms with E-state index < -0.39 is 4.92 Å². The fourth-order valence-electron chi connectivity index (χ4n) is 3.22. The van der Waals surface area contributed by atoms with E-state index in [4.69, 9.17) is 23.2 Å². The Morgan fingerprint density at radius 1 is 1.18 bits per heavy atom. The minimum atomic E-state index is -0.529. The zero-order valence-corrected chi connectivity index (χ0v) is 17.0. The van der Waals surface area contributed by atoms with Gasteiger partial charge >= 0.3 is 5.82 Å². The number of aryl methyl sites for hydroxylation is 2. The van der Waals surface area contributed by atoms with E-state index in [1.807, 2.05) is 17.0 Å². The van der Waals surface area contributed by atoms with Crippen LogP contribution in [0.1, 0.15) is 17.7 Å². The zero-order chi connectivity index (χ0) is 20.3. The standard InChI is InChI=1S/C18H21Cl2N5O3/c1-13-10-17(25(27)28)21-24(13)5-4-18(26)23-8-6-22(7-9-23)12-14-2-3-15(19)16(20)11-14/h2-3,10-11H,4-9,12H2,1H3. The highest BCUT2D eigenvalue weighted by Gasteiger charge is 2.22. The number of amides is 1. The van der Waals surface area contributed by atoms with Gasteiger partial charge in [0.25, 0.3) is 0 Å². The maximum Gasteiger partial charge on any atom is 0.390 e. The number of carbonyl (C=O) groups is 1. The third-order valence-electron chi connectivity index (χ3n) is 4.81. The average Bonchev–Trinajstić information content (AvgIpc) is 3.04. The highest BCUT2D eigenvalue weighted by molar-refractivity contribution is 6.42. The van der Waals surface area contributed by atoms with Gasteiger partial charge in [0.15, 0.2) is 0 Å². The molecule has 0 saturated carbocycles. The van der Waals surface area contributed by atoms with Crippen LogP contribution >= 0.6 is 23.2 Å². The Morgan fingerprint density at radius 3 is 2.50 bits per heavy atom. The van der Waals surface area contributed by atoms with Crippen molar-refractivity contribution in [1.82, 2.24) is 19.6 Å². The summed E-state index contributed by atoms with van der Waals surface area (Å²) in [5, 5.41) is 15.8. The first kappa shape index (κ1) is 20.6. The van der Waals surface area contributed by atoms with Crippen LogP contribution in [0.2, 0.25) is 10.0 Å². The second kappa shape index (κ2) is 8.89. The van der Waals surface area contributed by atoms with Crippen molar-refractivity contribution in [2.75, 3.05) is 26.2 Å². The normalized spacial score (nSPS) is 15.0. The van der Waals surface area contributed by atoms with Crippen molar-refractivity contribution >= 4 is 34.9 Å². The number of benzene rings is 1. The van der Waals surface area contributed by atoms with Crippen molar-refractivity contribution in [3.63, 3.8) is 0 Å². The van der Waals surface area contributed by atoms with E-state index >= 15 is 0 Å². The molecule has 0 bridgehead atoms. The van der Waals surface area contributed by atoms with Gasteiger partial charge in [-0.15, -0.1) is 0 Å². The maximum atomic E-state index is 12.5. The van der Waals surface area contributed by atoms with Gasteiger partial charge in [0, 0.05) is 39.1 Å². The van der Waals surface area contributed by atoms with Crippen LogP contribution in [-0.2, 0) is 17.9 Å². The third kappa shape index (κ3) is 5.01. The van der Waals surface area contributed by atoms with Crippen molar-refractivity contribution in [2.45, 2.75) is 26.4 Å². The molecular weight excluding hydrogens is 405 g/mol. The molecule has 0 aliphatic carbocycles. The Kier molecular flexibility index (Phi) is 6.53. The van der Waals surface area contributed by atoms with Gasteiger partial charge in [-0.3, -0.25) is 9.69 Å². The van der Waals surface area contributed by atoms with Crippen molar-refractivity contribution in [2.24, 2.45) is 0 Å². The molecule has 1 aromatic heterocycles. The highest BCUT2D eigenvalue weighted by Crippen LogP contribution is 2.23. The molecule has 28 heavy (non-hydrogen) atoms. The van der Waals surface area contributed by atoms with E-state index in [0.29, 0.717) is 35.4 Å². The number of hydrogen-bond acceptors (Lipinski definition) is 5. The second-order valence-corrected chi connectivity index (χ2v) is 7.59. The molecule has 150 valence electrons. The molecule has 0 radical (unpaired) electrons. The summed E-state index contributed by atoms with van der Waals surface area (Å²) in [6.45, 7) is 5.69. The van der Waals surface area contributed by atoms with Crippen LogP contribution in [0.15, 0.2) is 24.3 Å². The lowest BCUT2D eigenvalue weighted by Crippen LogP contribution is -2.48. The van der Waals surface area contributed by atoms with E-state index in [1.165, 1.54) is 10.7 Å². The van der Waals surface area contributed by atoms with Crippen molar-refractivity contribution < 1.29 is 9.72 Å². The number of aromatic nitrogens is 2. The van der Waals surface area contributed by atoms with Crippen LogP contribution in [-0.4, -0.2) is 56.6 Å². The molecule has 1 aromatic carbocycles. The maximum absolute atomic E-state index is 12.5. The van der Waals surface area contributed by atoms with Crippen LogP contribution in [0.25, 0.3) is 0 Å². The Morgan fingerprint density at radius 2 is 1.89 bits per heavy atom. The van der Waals surface area contributed by atoms with Gasteiger partial charge in [-0.25, -0.2) is 0 Å². The molecule has 8 nitrogen and oxygen atoms in total. The zero-order valence-electron chi connectivity index (χ0n) is 15.5. The predicted molar refractivity (Wildman–Crippen MR) is 107 cm³/mol. The number of carbonyl (C=O) groups excluding carboxylic acids is 1. The summed E-state index contributed by atoms with van der Waals surface area (Å²) in [5.41, 5.74) is 1.76. The monoisotopic (exact) mass is 425 g/mol. The van der Waals surface area contributed by atoms with Gasteiger partial charge in [-0.2, -0.15) is 4.68 Å². The number of hydrogen-bond donors (Lipinski definition) is 0. The molecule has 2 heterocycles. The Bertz CT molecular complexity index is 878. The smallest absolute Gasteiger partial charge is 0.358 e. The average molecular weight is 426 g/mol. The van der Waals surface area contributed by atoms with Gasteiger partial charge < -0.3 is 15.0 Å². The molecule has 3 rings (SSSR count). The van der Waals surface area contributed by atoms with E-state index in [0.717, 1.165) is 25.2 Å². The number of piperazine rings is 1. The van der Waals surface area contributed by atoms with E-state index in [-0.39, 0.29) is 18.1 Å². The van der Waals surface area contributed by atoms with E-state index in [1.54, 1.807) is 13.0 Å². The minimum absolute atomic E-state index is 0.0340. The number of nitro groups is 1. The molecule has 0 spiro atoms. The fraction of sp³-hybridized carbons (Fsp3) is 0.444. The molecule has 1 aliphatic rings. The van der Waals surface area contributed by atoms with Crippen molar-refractivity contribution in [1.29, 1.82) is 0 Å². The lowest BCUT2D eigenvalue weighted by atomic mass is 10.2. The first-order valence-corrected chi connectivity index (χ1v) is 9.72. The van der Waals surface area contributed by atoms with Gasteiger partial charge in [-0.05, 0) is 29.5 Å². The largest absolute Gasteiger partial charge is 0.390 e. The minimum Gasteiger partial charge on any atom is -0.358 e. The third-order valence-corrected chi connectivity index (χ3v) is 5.55. The SMILES string of the molecule is Cc1cc([N+](=O)[O-])nn1CCC(=O)N1CCN(Cc2ccc(Cl)c(Cl)c2)CC1. The lowest BCUT2D eigenvalue weighted by Gasteiger charge is -2.34. The van der Waals surface area contributed by atoms with E-state index in [9.17, 15) is 14.9 Å².